The number of benzene rings is 1. The molecule has 1 aromatic carbocycles. The van der Waals surface area contributed by atoms with Crippen LogP contribution in [-0.2, 0) is 54.1 Å². The number of hydrogen-bond donors (Lipinski definition) is 2. The number of carboxylic acids is 2. The van der Waals surface area contributed by atoms with Crippen molar-refractivity contribution in [1.82, 2.24) is 0 Å². The summed E-state index contributed by atoms with van der Waals surface area (Å²) in [6.07, 6.45) is -0.389. The van der Waals surface area contributed by atoms with Gasteiger partial charge in [-0.25, -0.2) is 14.4 Å². The molecule has 0 fully saturated rings. The molecule has 0 aliphatic carbocycles. The van der Waals surface area contributed by atoms with E-state index in [-0.39, 0.29) is 18.4 Å². The number of ether oxygens (including phenoxy) is 4. The molecule has 0 spiro atoms. The second-order valence-electron chi connectivity index (χ2n) is 11.3. The van der Waals surface area contributed by atoms with Crippen molar-refractivity contribution in [3.8, 4) is 0 Å². The van der Waals surface area contributed by atoms with Crippen molar-refractivity contribution in [2.75, 3.05) is 6.61 Å². The maximum absolute atomic E-state index is 12.7. The maximum Gasteiger partial charge on any atom is 0.348 e. The van der Waals surface area contributed by atoms with Gasteiger partial charge in [-0.3, -0.25) is 14.4 Å². The highest BCUT2D eigenvalue weighted by Crippen LogP contribution is 2.20. The summed E-state index contributed by atoms with van der Waals surface area (Å²) in [4.78, 5) is 71.9. The van der Waals surface area contributed by atoms with Crippen LogP contribution < -0.4 is 0 Å². The first-order chi connectivity index (χ1) is 21.2. The zero-order valence-corrected chi connectivity index (χ0v) is 26.6. The predicted octanol–water partition coefficient (Wildman–Crippen LogP) is 4.52. The highest BCUT2D eigenvalue weighted by molar-refractivity contribution is 5.89. The fourth-order valence-corrected chi connectivity index (χ4v) is 4.50. The van der Waals surface area contributed by atoms with E-state index < -0.39 is 67.0 Å². The van der Waals surface area contributed by atoms with Gasteiger partial charge in [0, 0.05) is 13.0 Å². The van der Waals surface area contributed by atoms with Gasteiger partial charge in [0.2, 0.25) is 12.2 Å². The molecule has 1 aromatic rings. The highest BCUT2D eigenvalue weighted by atomic mass is 16.6. The van der Waals surface area contributed by atoms with Gasteiger partial charge in [0.15, 0.2) is 0 Å². The first-order valence-electron chi connectivity index (χ1n) is 15.1. The third-order valence-corrected chi connectivity index (χ3v) is 7.05. The van der Waals surface area contributed by atoms with Crippen molar-refractivity contribution in [3.63, 3.8) is 0 Å². The molecule has 0 unspecified atom stereocenters. The number of carbonyl (C=O) groups is 6. The quantitative estimate of drug-likeness (QED) is 0.0837. The number of rotatable bonds is 21. The van der Waals surface area contributed by atoms with Gasteiger partial charge in [-0.15, -0.1) is 0 Å². The molecule has 0 aliphatic heterocycles. The van der Waals surface area contributed by atoms with Gasteiger partial charge in [-0.1, -0.05) is 70.5 Å². The van der Waals surface area contributed by atoms with Crippen LogP contribution in [0, 0.1) is 17.8 Å². The lowest BCUT2D eigenvalue weighted by molar-refractivity contribution is -0.179. The second-order valence-corrected chi connectivity index (χ2v) is 11.3. The minimum atomic E-state index is -2.06. The Morgan fingerprint density at radius 3 is 2.13 bits per heavy atom. The molecule has 0 aromatic heterocycles. The monoisotopic (exact) mass is 634 g/mol. The summed E-state index contributed by atoms with van der Waals surface area (Å²) in [5.41, 5.74) is 1.08. The minimum absolute atomic E-state index is 0.0149. The standard InChI is InChI=1S/C33H46O12/c1-6-21(2)17-22(3)14-15-30(37)44-28(33(41)45-27(32(39)40)19-29(35)36)20-31(38)42-16-10-13-26(43-24(5)34)23(4)18-25-11-8-7-9-12-25/h7-9,11-12,14-15,21-23,26-28H,6,10,13,16-20H2,1-5H3,(H,35,36)(H,39,40)/b15-14+/t21-,22+,23+,26+,27+,28+/m0/s1. The van der Waals surface area contributed by atoms with Gasteiger partial charge in [0.1, 0.15) is 6.10 Å². The average molecular weight is 635 g/mol. The Bertz CT molecular complexity index is 1150. The van der Waals surface area contributed by atoms with Gasteiger partial charge in [0.25, 0.3) is 0 Å². The molecule has 45 heavy (non-hydrogen) atoms. The topological polar surface area (TPSA) is 180 Å². The Labute approximate surface area is 264 Å². The summed E-state index contributed by atoms with van der Waals surface area (Å²) >= 11 is 0. The summed E-state index contributed by atoms with van der Waals surface area (Å²) in [7, 11) is 0. The SMILES string of the molecule is CC[C@H](C)C[C@H](C)/C=C/C(=O)O[C@H](CC(=O)OCCC[C@@H](OC(C)=O)[C@H](C)Cc1ccccc1)C(=O)O[C@H](CC(=O)O)C(=O)O. The zero-order valence-electron chi connectivity index (χ0n) is 26.6. The van der Waals surface area contributed by atoms with Crippen molar-refractivity contribution in [2.24, 2.45) is 17.8 Å². The van der Waals surface area contributed by atoms with Crippen LogP contribution in [0.2, 0.25) is 0 Å². The first kappa shape index (κ1) is 38.8. The third kappa shape index (κ3) is 17.0. The van der Waals surface area contributed by atoms with Crippen molar-refractivity contribution in [1.29, 1.82) is 0 Å². The Balaban J connectivity index is 2.85. The Kier molecular flexibility index (Phi) is 17.8. The van der Waals surface area contributed by atoms with Crippen LogP contribution >= 0.6 is 0 Å². The normalized spacial score (nSPS) is 15.1. The number of aliphatic carboxylic acids is 2. The summed E-state index contributed by atoms with van der Waals surface area (Å²) in [6.45, 7) is 9.18. The van der Waals surface area contributed by atoms with Crippen molar-refractivity contribution in [3.05, 3.63) is 48.0 Å². The molecular formula is C33H46O12. The molecule has 0 saturated carbocycles. The molecule has 0 radical (unpaired) electrons. The lowest BCUT2D eigenvalue weighted by Gasteiger charge is -2.24. The van der Waals surface area contributed by atoms with Crippen LogP contribution in [-0.4, -0.2) is 70.9 Å². The van der Waals surface area contributed by atoms with E-state index in [1.807, 2.05) is 51.1 Å². The predicted molar refractivity (Wildman–Crippen MR) is 162 cm³/mol. The molecule has 1 rings (SSSR count). The van der Waals surface area contributed by atoms with Gasteiger partial charge < -0.3 is 29.2 Å². The number of allylic oxidation sites excluding steroid dienone is 1. The molecule has 12 heteroatoms. The summed E-state index contributed by atoms with van der Waals surface area (Å²) < 4.78 is 20.6. The molecule has 0 bridgehead atoms. The average Bonchev–Trinajstić information content (AvgIpc) is 2.96. The van der Waals surface area contributed by atoms with Gasteiger partial charge in [-0.05, 0) is 49.0 Å². The number of carbonyl (C=O) groups excluding carboxylic acids is 4. The Hall–Kier alpha value is -4.22. The summed E-state index contributed by atoms with van der Waals surface area (Å²) in [5, 5.41) is 18.2. The minimum Gasteiger partial charge on any atom is -0.481 e. The van der Waals surface area contributed by atoms with E-state index in [0.29, 0.717) is 25.2 Å². The number of carboxylic acid groups (broad SMARTS) is 2. The van der Waals surface area contributed by atoms with E-state index in [1.165, 1.54) is 6.92 Å². The molecule has 0 saturated heterocycles. The third-order valence-electron chi connectivity index (χ3n) is 7.05. The van der Waals surface area contributed by atoms with Crippen LogP contribution in [0.15, 0.2) is 42.5 Å². The second kappa shape index (κ2) is 20.7. The molecule has 0 amide bonds. The molecule has 250 valence electrons. The van der Waals surface area contributed by atoms with Gasteiger partial charge >= 0.3 is 35.8 Å². The molecule has 0 aliphatic rings. The van der Waals surface area contributed by atoms with Crippen molar-refractivity contribution < 1.29 is 57.9 Å². The van der Waals surface area contributed by atoms with Crippen LogP contribution in [0.5, 0.6) is 0 Å². The number of esters is 4. The van der Waals surface area contributed by atoms with E-state index in [1.54, 1.807) is 6.08 Å². The van der Waals surface area contributed by atoms with Crippen LogP contribution in [0.1, 0.15) is 78.7 Å². The molecular weight excluding hydrogens is 588 g/mol. The van der Waals surface area contributed by atoms with E-state index in [2.05, 4.69) is 6.92 Å². The fourth-order valence-electron chi connectivity index (χ4n) is 4.50. The highest BCUT2D eigenvalue weighted by Gasteiger charge is 2.33. The van der Waals surface area contributed by atoms with Crippen molar-refractivity contribution >= 4 is 35.8 Å². The van der Waals surface area contributed by atoms with Crippen molar-refractivity contribution in [2.45, 2.75) is 97.9 Å². The van der Waals surface area contributed by atoms with E-state index in [9.17, 15) is 33.9 Å². The van der Waals surface area contributed by atoms with E-state index >= 15 is 0 Å². The van der Waals surface area contributed by atoms with Gasteiger partial charge in [0.05, 0.1) is 19.4 Å². The van der Waals surface area contributed by atoms with E-state index in [4.69, 9.17) is 24.1 Å². The van der Waals surface area contributed by atoms with E-state index in [0.717, 1.165) is 24.5 Å². The Morgan fingerprint density at radius 2 is 1.56 bits per heavy atom. The van der Waals surface area contributed by atoms with Crippen LogP contribution in [0.4, 0.5) is 0 Å². The molecule has 0 heterocycles. The molecule has 12 nitrogen and oxygen atoms in total. The van der Waals surface area contributed by atoms with Gasteiger partial charge in [-0.2, -0.15) is 0 Å². The lowest BCUT2D eigenvalue weighted by atomic mass is 9.93. The van der Waals surface area contributed by atoms with Crippen LogP contribution in [0.3, 0.4) is 0 Å². The zero-order chi connectivity index (χ0) is 33.9. The molecule has 6 atom stereocenters. The lowest BCUT2D eigenvalue weighted by Crippen LogP contribution is -2.37. The summed E-state index contributed by atoms with van der Waals surface area (Å²) in [5.74, 6) is -6.61. The van der Waals surface area contributed by atoms with Crippen LogP contribution in [0.25, 0.3) is 0 Å². The maximum atomic E-state index is 12.7. The largest absolute Gasteiger partial charge is 0.481 e. The number of hydrogen-bond acceptors (Lipinski definition) is 10. The summed E-state index contributed by atoms with van der Waals surface area (Å²) in [6, 6.07) is 9.69. The smallest absolute Gasteiger partial charge is 0.348 e. The Morgan fingerprint density at radius 1 is 0.889 bits per heavy atom. The first-order valence-corrected chi connectivity index (χ1v) is 15.1. The fraction of sp³-hybridized carbons (Fsp3) is 0.576. The molecule has 2 N–H and O–H groups in total.